The van der Waals surface area contributed by atoms with E-state index in [4.69, 9.17) is 14.2 Å². The zero-order chi connectivity index (χ0) is 16.2. The van der Waals surface area contributed by atoms with Crippen LogP contribution >= 0.6 is 0 Å². The summed E-state index contributed by atoms with van der Waals surface area (Å²) >= 11 is 0. The number of hydrogen-bond acceptors (Lipinski definition) is 6. The lowest BCUT2D eigenvalue weighted by atomic mass is 10.1. The third-order valence-corrected chi connectivity index (χ3v) is 3.35. The van der Waals surface area contributed by atoms with E-state index in [1.54, 1.807) is 30.3 Å². The highest BCUT2D eigenvalue weighted by Gasteiger charge is 2.21. The quantitative estimate of drug-likeness (QED) is 0.490. The predicted octanol–water partition coefficient (Wildman–Crippen LogP) is 2.82. The van der Waals surface area contributed by atoms with Crippen LogP contribution in [0.1, 0.15) is 21.5 Å². The highest BCUT2D eigenvalue weighted by molar-refractivity contribution is 5.89. The van der Waals surface area contributed by atoms with Gasteiger partial charge >= 0.3 is 5.97 Å². The lowest BCUT2D eigenvalue weighted by Crippen LogP contribution is -2.15. The van der Waals surface area contributed by atoms with E-state index >= 15 is 0 Å². The first-order valence-corrected chi connectivity index (χ1v) is 6.88. The van der Waals surface area contributed by atoms with Gasteiger partial charge in [-0.25, -0.2) is 4.79 Å². The molecule has 7 heteroatoms. The average molecular weight is 315 g/mol. The standard InChI is InChI=1S/C16H13NO6/c18-16(11-4-2-1-3-5-11)22-9-13-7-14(17(19)20)6-12-8-21-10-23-15(12)13/h1-7H,8-10H2. The molecule has 1 aliphatic heterocycles. The molecular weight excluding hydrogens is 302 g/mol. The average Bonchev–Trinajstić information content (AvgIpc) is 2.59. The number of esters is 1. The molecule has 7 nitrogen and oxygen atoms in total. The fraction of sp³-hybridized carbons (Fsp3) is 0.188. The summed E-state index contributed by atoms with van der Waals surface area (Å²) in [5.74, 6) is -0.0272. The van der Waals surface area contributed by atoms with Gasteiger partial charge in [-0.1, -0.05) is 18.2 Å². The second-order valence-corrected chi connectivity index (χ2v) is 4.90. The second kappa shape index (κ2) is 6.45. The van der Waals surface area contributed by atoms with Gasteiger partial charge in [0, 0.05) is 23.3 Å². The summed E-state index contributed by atoms with van der Waals surface area (Å²) in [7, 11) is 0. The van der Waals surface area contributed by atoms with Gasteiger partial charge in [0.25, 0.3) is 5.69 Å². The molecule has 0 fully saturated rings. The molecule has 0 saturated carbocycles. The molecule has 2 aromatic rings. The van der Waals surface area contributed by atoms with Crippen LogP contribution in [0.25, 0.3) is 0 Å². The van der Waals surface area contributed by atoms with Crippen LogP contribution in [0.2, 0.25) is 0 Å². The van der Waals surface area contributed by atoms with Crippen LogP contribution < -0.4 is 4.74 Å². The Balaban J connectivity index is 1.83. The minimum absolute atomic E-state index is 0.0600. The normalized spacial score (nSPS) is 12.9. The minimum Gasteiger partial charge on any atom is -0.467 e. The largest absolute Gasteiger partial charge is 0.467 e. The van der Waals surface area contributed by atoms with Gasteiger partial charge in [0.1, 0.15) is 12.4 Å². The van der Waals surface area contributed by atoms with Crippen molar-refractivity contribution in [2.75, 3.05) is 6.79 Å². The summed E-state index contributed by atoms with van der Waals surface area (Å²) in [4.78, 5) is 22.5. The maximum atomic E-state index is 12.0. The van der Waals surface area contributed by atoms with Crippen LogP contribution in [0, 0.1) is 10.1 Å². The second-order valence-electron chi connectivity index (χ2n) is 4.90. The highest BCUT2D eigenvalue weighted by atomic mass is 16.7. The molecule has 0 radical (unpaired) electrons. The van der Waals surface area contributed by atoms with Gasteiger partial charge in [-0.2, -0.15) is 0 Å². The molecular formula is C16H13NO6. The topological polar surface area (TPSA) is 87.9 Å². The zero-order valence-corrected chi connectivity index (χ0v) is 12.1. The number of nitro groups is 1. The molecule has 0 N–H and O–H groups in total. The van der Waals surface area contributed by atoms with Crippen LogP contribution in [-0.4, -0.2) is 17.7 Å². The highest BCUT2D eigenvalue weighted by Crippen LogP contribution is 2.33. The molecule has 0 amide bonds. The van der Waals surface area contributed by atoms with E-state index < -0.39 is 10.9 Å². The number of nitrogens with zero attached hydrogens (tertiary/aromatic N) is 1. The molecule has 0 aromatic heterocycles. The van der Waals surface area contributed by atoms with E-state index in [0.29, 0.717) is 22.4 Å². The molecule has 0 aliphatic carbocycles. The molecule has 1 aliphatic rings. The Morgan fingerprint density at radius 3 is 2.78 bits per heavy atom. The summed E-state index contributed by atoms with van der Waals surface area (Å²) in [5, 5.41) is 11.0. The van der Waals surface area contributed by atoms with Crippen LogP contribution in [0.4, 0.5) is 5.69 Å². The number of hydrogen-bond donors (Lipinski definition) is 0. The van der Waals surface area contributed by atoms with Crippen LogP contribution in [0.5, 0.6) is 5.75 Å². The maximum Gasteiger partial charge on any atom is 0.338 e. The molecule has 2 aromatic carbocycles. The molecule has 0 atom stereocenters. The molecule has 118 valence electrons. The summed E-state index contributed by atoms with van der Waals surface area (Å²) in [5.41, 5.74) is 1.33. The van der Waals surface area contributed by atoms with Gasteiger partial charge in [0.15, 0.2) is 6.79 Å². The third-order valence-electron chi connectivity index (χ3n) is 3.35. The van der Waals surface area contributed by atoms with Gasteiger partial charge in [-0.05, 0) is 12.1 Å². The van der Waals surface area contributed by atoms with Crippen molar-refractivity contribution in [3.05, 3.63) is 69.3 Å². The first kappa shape index (κ1) is 15.0. The van der Waals surface area contributed by atoms with Crippen molar-refractivity contribution < 1.29 is 23.9 Å². The number of non-ortho nitro benzene ring substituents is 1. The number of carbonyl (C=O) groups excluding carboxylic acids is 1. The van der Waals surface area contributed by atoms with Crippen molar-refractivity contribution in [3.8, 4) is 5.75 Å². The van der Waals surface area contributed by atoms with Gasteiger partial charge in [-0.15, -0.1) is 0 Å². The number of nitro benzene ring substituents is 1. The molecule has 0 saturated heterocycles. The Kier molecular flexibility index (Phi) is 4.20. The number of carbonyl (C=O) groups is 1. The van der Waals surface area contributed by atoms with Gasteiger partial charge in [-0.3, -0.25) is 10.1 Å². The molecule has 0 spiro atoms. The molecule has 0 unspecified atom stereocenters. The Labute approximate surface area is 131 Å². The smallest absolute Gasteiger partial charge is 0.338 e. The van der Waals surface area contributed by atoms with Gasteiger partial charge < -0.3 is 14.2 Å². The van der Waals surface area contributed by atoms with Crippen LogP contribution in [-0.2, 0) is 22.7 Å². The molecule has 0 bridgehead atoms. The summed E-state index contributed by atoms with van der Waals surface area (Å²) in [6.45, 7) is 0.166. The maximum absolute atomic E-state index is 12.0. The fourth-order valence-corrected chi connectivity index (χ4v) is 2.29. The molecule has 1 heterocycles. The Bertz CT molecular complexity index is 744. The SMILES string of the molecule is O=C(OCc1cc([N+](=O)[O-])cc2c1OCOC2)c1ccccc1. The van der Waals surface area contributed by atoms with Crippen molar-refractivity contribution in [1.29, 1.82) is 0 Å². The van der Waals surface area contributed by atoms with E-state index in [9.17, 15) is 14.9 Å². The number of rotatable bonds is 4. The number of fused-ring (bicyclic) bond motifs is 1. The Morgan fingerprint density at radius 2 is 2.04 bits per heavy atom. The minimum atomic E-state index is -0.503. The first-order chi connectivity index (χ1) is 11.1. The fourth-order valence-electron chi connectivity index (χ4n) is 2.29. The van der Waals surface area contributed by atoms with Gasteiger partial charge in [0.2, 0.25) is 0 Å². The Morgan fingerprint density at radius 1 is 1.26 bits per heavy atom. The van der Waals surface area contributed by atoms with E-state index in [1.165, 1.54) is 12.1 Å². The summed E-state index contributed by atoms with van der Waals surface area (Å²) in [6, 6.07) is 11.3. The van der Waals surface area contributed by atoms with Crippen molar-refractivity contribution in [2.45, 2.75) is 13.2 Å². The van der Waals surface area contributed by atoms with Crippen molar-refractivity contribution >= 4 is 11.7 Å². The van der Waals surface area contributed by atoms with Crippen molar-refractivity contribution in [1.82, 2.24) is 0 Å². The number of benzene rings is 2. The van der Waals surface area contributed by atoms with E-state index in [-0.39, 0.29) is 25.7 Å². The van der Waals surface area contributed by atoms with Crippen LogP contribution in [0.3, 0.4) is 0 Å². The summed E-state index contributed by atoms with van der Waals surface area (Å²) < 4.78 is 15.8. The van der Waals surface area contributed by atoms with Crippen molar-refractivity contribution in [2.24, 2.45) is 0 Å². The van der Waals surface area contributed by atoms with E-state index in [1.807, 2.05) is 0 Å². The lowest BCUT2D eigenvalue weighted by Gasteiger charge is -2.20. The third kappa shape index (κ3) is 3.29. The Hall–Kier alpha value is -2.93. The first-order valence-electron chi connectivity index (χ1n) is 6.88. The van der Waals surface area contributed by atoms with Crippen LogP contribution in [0.15, 0.2) is 42.5 Å². The predicted molar refractivity (Wildman–Crippen MR) is 78.9 cm³/mol. The summed E-state index contributed by atoms with van der Waals surface area (Å²) in [6.07, 6.45) is 0. The molecule has 23 heavy (non-hydrogen) atoms. The number of ether oxygens (including phenoxy) is 3. The molecule has 3 rings (SSSR count). The van der Waals surface area contributed by atoms with E-state index in [2.05, 4.69) is 0 Å². The van der Waals surface area contributed by atoms with Gasteiger partial charge in [0.05, 0.1) is 17.1 Å². The van der Waals surface area contributed by atoms with E-state index in [0.717, 1.165) is 0 Å². The monoisotopic (exact) mass is 315 g/mol. The lowest BCUT2D eigenvalue weighted by molar-refractivity contribution is -0.385. The van der Waals surface area contributed by atoms with Crippen molar-refractivity contribution in [3.63, 3.8) is 0 Å². The zero-order valence-electron chi connectivity index (χ0n) is 12.1.